The fraction of sp³-hybridized carbons (Fsp3) is 0.100. The number of carbonyl (C=O) groups is 1. The normalized spacial score (nSPS) is 12.0. The van der Waals surface area contributed by atoms with E-state index in [2.05, 4.69) is 5.10 Å². The first-order chi connectivity index (χ1) is 7.19. The molecule has 1 rings (SSSR count). The second-order valence-electron chi connectivity index (χ2n) is 2.71. The third kappa shape index (κ3) is 2.89. The van der Waals surface area contributed by atoms with E-state index in [0.717, 1.165) is 6.21 Å². The SMILES string of the molecule is C/C=C\C=C(/C=N)n1cc(C(=O)Cl)cn1. The molecule has 0 bridgehead atoms. The Labute approximate surface area is 92.4 Å². The fourth-order valence-corrected chi connectivity index (χ4v) is 1.05. The van der Waals surface area contributed by atoms with Crippen molar-refractivity contribution in [2.75, 3.05) is 0 Å². The Morgan fingerprint density at radius 1 is 1.67 bits per heavy atom. The van der Waals surface area contributed by atoms with E-state index in [-0.39, 0.29) is 0 Å². The zero-order valence-corrected chi connectivity index (χ0v) is 8.90. The van der Waals surface area contributed by atoms with E-state index in [1.807, 2.05) is 13.0 Å². The van der Waals surface area contributed by atoms with Crippen molar-refractivity contribution >= 4 is 28.8 Å². The van der Waals surface area contributed by atoms with E-state index in [4.69, 9.17) is 17.0 Å². The molecule has 1 N–H and O–H groups in total. The molecule has 0 atom stereocenters. The quantitative estimate of drug-likeness (QED) is 0.484. The lowest BCUT2D eigenvalue weighted by molar-refractivity contribution is 0.108. The van der Waals surface area contributed by atoms with Crippen LogP contribution in [0, 0.1) is 5.41 Å². The number of nitrogens with zero attached hydrogens (tertiary/aromatic N) is 2. The highest BCUT2D eigenvalue weighted by Gasteiger charge is 2.06. The Hall–Kier alpha value is -1.68. The molecule has 0 aromatic carbocycles. The van der Waals surface area contributed by atoms with Crippen molar-refractivity contribution in [2.45, 2.75) is 6.92 Å². The van der Waals surface area contributed by atoms with Crippen molar-refractivity contribution in [3.63, 3.8) is 0 Å². The smallest absolute Gasteiger partial charge is 0.255 e. The molecule has 15 heavy (non-hydrogen) atoms. The van der Waals surface area contributed by atoms with Gasteiger partial charge in [-0.25, -0.2) is 4.68 Å². The van der Waals surface area contributed by atoms with E-state index < -0.39 is 5.24 Å². The molecule has 0 aliphatic carbocycles. The van der Waals surface area contributed by atoms with Gasteiger partial charge in [0.2, 0.25) is 0 Å². The maximum atomic E-state index is 10.8. The molecule has 1 aromatic heterocycles. The first-order valence-corrected chi connectivity index (χ1v) is 4.65. The van der Waals surface area contributed by atoms with Crippen LogP contribution in [0.25, 0.3) is 5.70 Å². The van der Waals surface area contributed by atoms with Crippen LogP contribution in [0.1, 0.15) is 17.3 Å². The second-order valence-corrected chi connectivity index (χ2v) is 3.05. The van der Waals surface area contributed by atoms with Crippen LogP contribution in [0.4, 0.5) is 0 Å². The maximum Gasteiger partial charge on any atom is 0.255 e. The third-order valence-electron chi connectivity index (χ3n) is 1.68. The number of nitrogens with one attached hydrogen (secondary N) is 1. The number of aromatic nitrogens is 2. The van der Waals surface area contributed by atoms with E-state index >= 15 is 0 Å². The molecule has 0 saturated heterocycles. The summed E-state index contributed by atoms with van der Waals surface area (Å²) in [5, 5.41) is 10.5. The Morgan fingerprint density at radius 2 is 2.40 bits per heavy atom. The Bertz CT molecular complexity index is 432. The molecular formula is C10H10ClN3O. The van der Waals surface area contributed by atoms with Gasteiger partial charge in [-0.1, -0.05) is 12.2 Å². The molecule has 78 valence electrons. The molecule has 0 aliphatic heterocycles. The van der Waals surface area contributed by atoms with Crippen LogP contribution in [0.2, 0.25) is 0 Å². The summed E-state index contributed by atoms with van der Waals surface area (Å²) in [6.45, 7) is 1.87. The highest BCUT2D eigenvalue weighted by molar-refractivity contribution is 6.67. The van der Waals surface area contributed by atoms with Gasteiger partial charge in [0.25, 0.3) is 5.24 Å². The minimum atomic E-state index is -0.559. The predicted octanol–water partition coefficient (Wildman–Crippen LogP) is 2.33. The van der Waals surface area contributed by atoms with E-state index in [1.54, 1.807) is 12.2 Å². The van der Waals surface area contributed by atoms with E-state index in [1.165, 1.54) is 17.1 Å². The largest absolute Gasteiger partial charge is 0.307 e. The summed E-state index contributed by atoms with van der Waals surface area (Å²) in [7, 11) is 0. The van der Waals surface area contributed by atoms with Crippen molar-refractivity contribution in [3.8, 4) is 0 Å². The Morgan fingerprint density at radius 3 is 2.87 bits per heavy atom. The minimum Gasteiger partial charge on any atom is -0.307 e. The van der Waals surface area contributed by atoms with E-state index in [9.17, 15) is 4.79 Å². The van der Waals surface area contributed by atoms with Gasteiger partial charge in [-0.3, -0.25) is 4.79 Å². The summed E-state index contributed by atoms with van der Waals surface area (Å²) in [6, 6.07) is 0. The van der Waals surface area contributed by atoms with E-state index in [0.29, 0.717) is 11.3 Å². The van der Waals surface area contributed by atoms with Gasteiger partial charge in [0.15, 0.2) is 0 Å². The molecule has 5 heteroatoms. The van der Waals surface area contributed by atoms with Gasteiger partial charge in [0.1, 0.15) is 0 Å². The zero-order chi connectivity index (χ0) is 11.3. The van der Waals surface area contributed by atoms with Gasteiger partial charge in [-0.2, -0.15) is 5.10 Å². The average molecular weight is 224 g/mol. The highest BCUT2D eigenvalue weighted by atomic mass is 35.5. The molecule has 0 fully saturated rings. The first kappa shape index (κ1) is 11.4. The molecule has 1 aromatic rings. The second kappa shape index (κ2) is 5.26. The van der Waals surface area contributed by atoms with Crippen molar-refractivity contribution in [1.29, 1.82) is 5.41 Å². The van der Waals surface area contributed by atoms with Gasteiger partial charge >= 0.3 is 0 Å². The maximum absolute atomic E-state index is 10.8. The zero-order valence-electron chi connectivity index (χ0n) is 8.14. The van der Waals surface area contributed by atoms with Crippen LogP contribution in [0.3, 0.4) is 0 Å². The molecule has 0 spiro atoms. The van der Waals surface area contributed by atoms with Crippen LogP contribution in [-0.4, -0.2) is 21.2 Å². The van der Waals surface area contributed by atoms with Gasteiger partial charge in [-0.15, -0.1) is 0 Å². The standard InChI is InChI=1S/C10H10ClN3O/c1-2-3-4-9(5-12)14-7-8(6-13-14)10(11)15/h2-7,12H,1H3/b3-2-,9-4+,12-5?. The summed E-state index contributed by atoms with van der Waals surface area (Å²) in [5.41, 5.74) is 0.863. The molecule has 4 nitrogen and oxygen atoms in total. The number of rotatable bonds is 4. The summed E-state index contributed by atoms with van der Waals surface area (Å²) in [6.07, 6.45) is 9.32. The number of carbonyl (C=O) groups excluding carboxylic acids is 1. The summed E-state index contributed by atoms with van der Waals surface area (Å²) >= 11 is 5.29. The number of halogens is 1. The summed E-state index contributed by atoms with van der Waals surface area (Å²) < 4.78 is 1.42. The third-order valence-corrected chi connectivity index (χ3v) is 1.90. The van der Waals surface area contributed by atoms with Crippen LogP contribution < -0.4 is 0 Å². The predicted molar refractivity (Wildman–Crippen MR) is 60.3 cm³/mol. The van der Waals surface area contributed by atoms with Crippen molar-refractivity contribution in [3.05, 3.63) is 36.2 Å². The van der Waals surface area contributed by atoms with Crippen LogP contribution in [0.5, 0.6) is 0 Å². The average Bonchev–Trinajstić information content (AvgIpc) is 2.68. The van der Waals surface area contributed by atoms with Crippen LogP contribution >= 0.6 is 11.6 Å². The number of hydrogen-bond acceptors (Lipinski definition) is 3. The van der Waals surface area contributed by atoms with Gasteiger partial charge < -0.3 is 5.41 Å². The Kier molecular flexibility index (Phi) is 4.00. The first-order valence-electron chi connectivity index (χ1n) is 4.27. The molecule has 0 radical (unpaired) electrons. The lowest BCUT2D eigenvalue weighted by Crippen LogP contribution is -1.97. The molecule has 1 heterocycles. The van der Waals surface area contributed by atoms with Crippen molar-refractivity contribution in [2.24, 2.45) is 0 Å². The topological polar surface area (TPSA) is 58.7 Å². The van der Waals surface area contributed by atoms with Gasteiger partial charge in [-0.05, 0) is 24.6 Å². The number of hydrogen-bond donors (Lipinski definition) is 1. The summed E-state index contributed by atoms with van der Waals surface area (Å²) in [5.74, 6) is 0. The molecular weight excluding hydrogens is 214 g/mol. The molecule has 0 unspecified atom stereocenters. The van der Waals surface area contributed by atoms with Gasteiger partial charge in [0.05, 0.1) is 17.5 Å². The fourth-order valence-electron chi connectivity index (χ4n) is 0.951. The van der Waals surface area contributed by atoms with Crippen LogP contribution in [-0.2, 0) is 0 Å². The van der Waals surface area contributed by atoms with Crippen molar-refractivity contribution < 1.29 is 4.79 Å². The minimum absolute atomic E-state index is 0.310. The van der Waals surface area contributed by atoms with Crippen molar-refractivity contribution in [1.82, 2.24) is 9.78 Å². The lowest BCUT2D eigenvalue weighted by atomic mass is 10.3. The molecule has 0 saturated carbocycles. The number of allylic oxidation sites excluding steroid dienone is 4. The summed E-state index contributed by atoms with van der Waals surface area (Å²) in [4.78, 5) is 10.8. The highest BCUT2D eigenvalue weighted by Crippen LogP contribution is 2.06. The molecule has 0 aliphatic rings. The van der Waals surface area contributed by atoms with Crippen LogP contribution in [0.15, 0.2) is 30.6 Å². The Balaban J connectivity index is 3.03. The van der Waals surface area contributed by atoms with Gasteiger partial charge in [0, 0.05) is 12.4 Å². The lowest BCUT2D eigenvalue weighted by Gasteiger charge is -1.97. The monoisotopic (exact) mass is 223 g/mol. The molecule has 0 amide bonds.